The first-order chi connectivity index (χ1) is 9.58. The van der Waals surface area contributed by atoms with Crippen molar-refractivity contribution in [2.45, 2.75) is 25.8 Å². The molecule has 0 unspecified atom stereocenters. The van der Waals surface area contributed by atoms with Gasteiger partial charge in [-0.25, -0.2) is 4.39 Å². The van der Waals surface area contributed by atoms with Crippen molar-refractivity contribution in [3.05, 3.63) is 35.8 Å². The summed E-state index contributed by atoms with van der Waals surface area (Å²) in [6, 6.07) is 3.89. The first-order valence-corrected chi connectivity index (χ1v) is 6.66. The van der Waals surface area contributed by atoms with Gasteiger partial charge in [0.1, 0.15) is 5.82 Å². The molecule has 4 nitrogen and oxygen atoms in total. The third kappa shape index (κ3) is 1.99. The molecule has 0 spiro atoms. The summed E-state index contributed by atoms with van der Waals surface area (Å²) in [5.41, 5.74) is 1.18. The van der Waals surface area contributed by atoms with Crippen LogP contribution >= 0.6 is 0 Å². The molecule has 1 saturated heterocycles. The molecule has 3 rings (SSSR count). The number of benzene rings is 1. The summed E-state index contributed by atoms with van der Waals surface area (Å²) in [7, 11) is 0. The molecule has 1 atom stereocenters. The highest BCUT2D eigenvalue weighted by molar-refractivity contribution is 6.11. The second-order valence-corrected chi connectivity index (χ2v) is 5.13. The number of Topliss-reactive ketones (excluding diaryl/α,β-unsaturated/α-hetero) is 1. The van der Waals surface area contributed by atoms with Crippen molar-refractivity contribution in [3.8, 4) is 0 Å². The molecule has 1 aliphatic rings. The maximum absolute atomic E-state index is 13.3. The number of nitrogens with zero attached hydrogens (tertiary/aromatic N) is 1. The van der Waals surface area contributed by atoms with Crippen LogP contribution in [0.4, 0.5) is 4.39 Å². The molecule has 104 valence electrons. The highest BCUT2D eigenvalue weighted by Crippen LogP contribution is 2.26. The lowest BCUT2D eigenvalue weighted by molar-refractivity contribution is -0.128. The second kappa shape index (κ2) is 4.74. The summed E-state index contributed by atoms with van der Waals surface area (Å²) in [4.78, 5) is 28.7. The zero-order valence-corrected chi connectivity index (χ0v) is 11.1. The number of amides is 1. The Morgan fingerprint density at radius 3 is 2.95 bits per heavy atom. The number of nitrogens with one attached hydrogen (secondary N) is 1. The van der Waals surface area contributed by atoms with Crippen LogP contribution in [0.1, 0.15) is 30.1 Å². The lowest BCUT2D eigenvalue weighted by Gasteiger charge is -2.21. The van der Waals surface area contributed by atoms with E-state index in [1.807, 2.05) is 0 Å². The van der Waals surface area contributed by atoms with E-state index in [-0.39, 0.29) is 17.5 Å². The van der Waals surface area contributed by atoms with E-state index in [9.17, 15) is 14.0 Å². The van der Waals surface area contributed by atoms with Crippen molar-refractivity contribution in [3.63, 3.8) is 0 Å². The van der Waals surface area contributed by atoms with Crippen LogP contribution in [0.5, 0.6) is 0 Å². The molecule has 1 aliphatic heterocycles. The van der Waals surface area contributed by atoms with E-state index < -0.39 is 6.04 Å². The normalized spacial score (nSPS) is 18.7. The van der Waals surface area contributed by atoms with Crippen LogP contribution in [-0.2, 0) is 4.79 Å². The average Bonchev–Trinajstić information content (AvgIpc) is 3.04. The van der Waals surface area contributed by atoms with E-state index in [1.54, 1.807) is 17.2 Å². The number of fused-ring (bicyclic) bond motifs is 1. The van der Waals surface area contributed by atoms with Gasteiger partial charge in [0.2, 0.25) is 5.91 Å². The number of carbonyl (C=O) groups is 2. The van der Waals surface area contributed by atoms with Gasteiger partial charge >= 0.3 is 0 Å². The number of ketones is 1. The zero-order valence-electron chi connectivity index (χ0n) is 11.1. The van der Waals surface area contributed by atoms with Crippen LogP contribution in [0, 0.1) is 5.82 Å². The number of aromatic nitrogens is 1. The number of hydrogen-bond donors (Lipinski definition) is 1. The Morgan fingerprint density at radius 1 is 1.40 bits per heavy atom. The largest absolute Gasteiger partial charge is 0.360 e. The van der Waals surface area contributed by atoms with E-state index in [2.05, 4.69) is 4.98 Å². The van der Waals surface area contributed by atoms with Gasteiger partial charge in [-0.3, -0.25) is 9.59 Å². The quantitative estimate of drug-likeness (QED) is 0.855. The summed E-state index contributed by atoms with van der Waals surface area (Å²) in [5.74, 6) is -0.581. The molecule has 20 heavy (non-hydrogen) atoms. The van der Waals surface area contributed by atoms with E-state index >= 15 is 0 Å². The topological polar surface area (TPSA) is 53.2 Å². The van der Waals surface area contributed by atoms with Gasteiger partial charge in [-0.1, -0.05) is 0 Å². The van der Waals surface area contributed by atoms with Gasteiger partial charge in [0.05, 0.1) is 6.04 Å². The van der Waals surface area contributed by atoms with Gasteiger partial charge in [-0.05, 0) is 31.0 Å². The molecule has 1 amide bonds. The lowest BCUT2D eigenvalue weighted by Crippen LogP contribution is -2.39. The Bertz CT molecular complexity index is 692. The molecule has 0 aliphatic carbocycles. The number of carbonyl (C=O) groups excluding carboxylic acids is 2. The summed E-state index contributed by atoms with van der Waals surface area (Å²) in [5, 5.41) is 0.574. The third-order valence-electron chi connectivity index (χ3n) is 3.87. The Morgan fingerprint density at radius 2 is 2.20 bits per heavy atom. The highest BCUT2D eigenvalue weighted by atomic mass is 19.1. The molecule has 0 saturated carbocycles. The van der Waals surface area contributed by atoms with E-state index in [0.717, 1.165) is 11.9 Å². The van der Waals surface area contributed by atoms with Gasteiger partial charge in [0.15, 0.2) is 5.78 Å². The Kier molecular flexibility index (Phi) is 3.04. The van der Waals surface area contributed by atoms with Crippen molar-refractivity contribution in [2.24, 2.45) is 0 Å². The van der Waals surface area contributed by atoms with Crippen molar-refractivity contribution >= 4 is 22.6 Å². The number of aromatic amines is 1. The average molecular weight is 274 g/mol. The first kappa shape index (κ1) is 12.8. The van der Waals surface area contributed by atoms with E-state index in [4.69, 9.17) is 0 Å². The molecule has 1 N–H and O–H groups in total. The van der Waals surface area contributed by atoms with Crippen molar-refractivity contribution < 1.29 is 14.0 Å². The minimum Gasteiger partial charge on any atom is -0.360 e. The predicted octanol–water partition coefficient (Wildman–Crippen LogP) is 2.50. The molecule has 5 heteroatoms. The van der Waals surface area contributed by atoms with Crippen molar-refractivity contribution in [2.75, 3.05) is 6.54 Å². The predicted molar refractivity (Wildman–Crippen MR) is 73.0 cm³/mol. The molecule has 2 aromatic rings. The highest BCUT2D eigenvalue weighted by Gasteiger charge is 2.33. The molecular weight excluding hydrogens is 259 g/mol. The monoisotopic (exact) mass is 274 g/mol. The third-order valence-corrected chi connectivity index (χ3v) is 3.87. The smallest absolute Gasteiger partial charge is 0.220 e. The molecule has 0 radical (unpaired) electrons. The molecule has 2 heterocycles. The zero-order chi connectivity index (χ0) is 14.3. The Hall–Kier alpha value is -2.17. The van der Waals surface area contributed by atoms with Gasteiger partial charge in [0, 0.05) is 36.1 Å². The maximum atomic E-state index is 13.3. The fraction of sp³-hybridized carbons (Fsp3) is 0.333. The summed E-state index contributed by atoms with van der Waals surface area (Å²) < 4.78 is 13.3. The van der Waals surface area contributed by atoms with Crippen LogP contribution < -0.4 is 0 Å². The number of halogens is 1. The summed E-state index contributed by atoms with van der Waals surface area (Å²) in [6.45, 7) is 2.09. The lowest BCUT2D eigenvalue weighted by atomic mass is 10.0. The number of H-pyrrole nitrogens is 1. The fourth-order valence-corrected chi connectivity index (χ4v) is 2.89. The van der Waals surface area contributed by atoms with Crippen LogP contribution in [0.25, 0.3) is 10.9 Å². The van der Waals surface area contributed by atoms with Crippen molar-refractivity contribution in [1.82, 2.24) is 9.88 Å². The standard InChI is InChI=1S/C15H15FN2O2/c1-9(19)18-6-2-3-14(18)15(20)12-8-17-13-5-4-10(16)7-11(12)13/h4-5,7-8,14,17H,2-3,6H2,1H3/t14-/m1/s1. The van der Waals surface area contributed by atoms with Crippen LogP contribution in [0.15, 0.2) is 24.4 Å². The number of hydrogen-bond acceptors (Lipinski definition) is 2. The number of rotatable bonds is 2. The Labute approximate surface area is 115 Å². The van der Waals surface area contributed by atoms with Crippen LogP contribution in [0.2, 0.25) is 0 Å². The maximum Gasteiger partial charge on any atom is 0.220 e. The number of likely N-dealkylation sites (tertiary alicyclic amines) is 1. The van der Waals surface area contributed by atoms with Crippen LogP contribution in [0.3, 0.4) is 0 Å². The Balaban J connectivity index is 2.00. The summed E-state index contributed by atoms with van der Waals surface area (Å²) in [6.07, 6.45) is 3.09. The first-order valence-electron chi connectivity index (χ1n) is 6.66. The van der Waals surface area contributed by atoms with Crippen molar-refractivity contribution in [1.29, 1.82) is 0 Å². The van der Waals surface area contributed by atoms with E-state index in [0.29, 0.717) is 23.9 Å². The molecular formula is C15H15FN2O2. The van der Waals surface area contributed by atoms with Crippen LogP contribution in [-0.4, -0.2) is 34.2 Å². The molecule has 0 bridgehead atoms. The summed E-state index contributed by atoms with van der Waals surface area (Å²) >= 11 is 0. The van der Waals surface area contributed by atoms with Gasteiger partial charge in [0.25, 0.3) is 0 Å². The minimum absolute atomic E-state index is 0.0909. The SMILES string of the molecule is CC(=O)N1CCC[C@@H]1C(=O)c1c[nH]c2ccc(F)cc12. The molecule has 1 aromatic carbocycles. The van der Waals surface area contributed by atoms with Gasteiger partial charge in [-0.15, -0.1) is 0 Å². The second-order valence-electron chi connectivity index (χ2n) is 5.13. The molecule has 1 fully saturated rings. The van der Waals surface area contributed by atoms with E-state index in [1.165, 1.54) is 19.1 Å². The fourth-order valence-electron chi connectivity index (χ4n) is 2.89. The van der Waals surface area contributed by atoms with Gasteiger partial charge < -0.3 is 9.88 Å². The van der Waals surface area contributed by atoms with Gasteiger partial charge in [-0.2, -0.15) is 0 Å². The minimum atomic E-state index is -0.422. The molecule has 1 aromatic heterocycles.